The van der Waals surface area contributed by atoms with E-state index in [1.807, 2.05) is 36.1 Å². The van der Waals surface area contributed by atoms with Crippen LogP contribution in [0.4, 0.5) is 11.8 Å². The van der Waals surface area contributed by atoms with Gasteiger partial charge < -0.3 is 19.4 Å². The minimum absolute atomic E-state index is 0.102. The van der Waals surface area contributed by atoms with E-state index in [4.69, 9.17) is 14.7 Å². The van der Waals surface area contributed by atoms with Crippen LogP contribution in [0.15, 0.2) is 24.3 Å². The van der Waals surface area contributed by atoms with Gasteiger partial charge in [-0.3, -0.25) is 4.79 Å². The number of fused-ring (bicyclic) bond motifs is 1. The third-order valence-electron chi connectivity index (χ3n) is 6.64. The highest BCUT2D eigenvalue weighted by Crippen LogP contribution is 2.31. The molecule has 2 aromatic rings. The van der Waals surface area contributed by atoms with Crippen LogP contribution in [0.25, 0.3) is 0 Å². The minimum Gasteiger partial charge on any atom is -0.378 e. The number of ether oxygens (including phenoxy) is 1. The molecule has 2 saturated heterocycles. The van der Waals surface area contributed by atoms with Crippen LogP contribution in [-0.4, -0.2) is 66.7 Å². The van der Waals surface area contributed by atoms with Gasteiger partial charge in [0.1, 0.15) is 5.82 Å². The fraction of sp³-hybridized carbons (Fsp3) is 0.542. The van der Waals surface area contributed by atoms with Gasteiger partial charge >= 0.3 is 0 Å². The Morgan fingerprint density at radius 2 is 1.71 bits per heavy atom. The number of rotatable bonds is 3. The van der Waals surface area contributed by atoms with Crippen molar-refractivity contribution < 1.29 is 9.53 Å². The summed E-state index contributed by atoms with van der Waals surface area (Å²) in [5.41, 5.74) is 4.04. The van der Waals surface area contributed by atoms with Gasteiger partial charge in [0.15, 0.2) is 0 Å². The Morgan fingerprint density at radius 3 is 2.48 bits per heavy atom. The Balaban J connectivity index is 1.48. The Labute approximate surface area is 184 Å². The fourth-order valence-electron chi connectivity index (χ4n) is 4.81. The summed E-state index contributed by atoms with van der Waals surface area (Å²) in [7, 11) is 0. The maximum Gasteiger partial charge on any atom is 0.254 e. The molecule has 1 aromatic carbocycles. The molecule has 0 saturated carbocycles. The zero-order valence-electron chi connectivity index (χ0n) is 18.3. The molecular formula is C24H31N5O2. The van der Waals surface area contributed by atoms with Gasteiger partial charge in [-0.25, -0.2) is 4.98 Å². The van der Waals surface area contributed by atoms with Crippen LogP contribution in [0.2, 0.25) is 0 Å². The molecule has 0 bridgehead atoms. The SMILES string of the molecule is Cc1ccccc1C(=O)N1CCc2nc(N3CCOCC3)nc(N3CCCCC3)c2C1. The van der Waals surface area contributed by atoms with Gasteiger partial charge in [0.05, 0.1) is 25.5 Å². The lowest BCUT2D eigenvalue weighted by Gasteiger charge is -2.36. The largest absolute Gasteiger partial charge is 0.378 e. The Morgan fingerprint density at radius 1 is 0.935 bits per heavy atom. The third-order valence-corrected chi connectivity index (χ3v) is 6.64. The van der Waals surface area contributed by atoms with Crippen molar-refractivity contribution in [1.29, 1.82) is 0 Å². The third kappa shape index (κ3) is 4.11. The summed E-state index contributed by atoms with van der Waals surface area (Å²) in [6.07, 6.45) is 4.43. The first-order valence-corrected chi connectivity index (χ1v) is 11.5. The van der Waals surface area contributed by atoms with E-state index in [1.165, 1.54) is 19.3 Å². The van der Waals surface area contributed by atoms with Gasteiger partial charge in [-0.2, -0.15) is 4.98 Å². The van der Waals surface area contributed by atoms with Gasteiger partial charge in [-0.05, 0) is 37.8 Å². The molecular weight excluding hydrogens is 390 g/mol. The lowest BCUT2D eigenvalue weighted by molar-refractivity contribution is 0.0732. The molecule has 0 N–H and O–H groups in total. The molecule has 7 heteroatoms. The summed E-state index contributed by atoms with van der Waals surface area (Å²) in [6.45, 7) is 8.43. The number of piperidine rings is 1. The summed E-state index contributed by atoms with van der Waals surface area (Å²) < 4.78 is 5.52. The highest BCUT2D eigenvalue weighted by Gasteiger charge is 2.30. The molecule has 0 aliphatic carbocycles. The van der Waals surface area contributed by atoms with Crippen LogP contribution in [0.5, 0.6) is 0 Å². The maximum absolute atomic E-state index is 13.3. The normalized spacial score (nSPS) is 19.3. The standard InChI is InChI=1S/C24H31N5O2/c1-18-7-3-4-8-19(18)23(30)29-12-9-21-20(17-29)22(27-10-5-2-6-11-27)26-24(25-21)28-13-15-31-16-14-28/h3-4,7-8H,2,5-6,9-17H2,1H3. The first kappa shape index (κ1) is 20.2. The number of nitrogens with zero attached hydrogens (tertiary/aromatic N) is 5. The molecule has 0 atom stereocenters. The fourth-order valence-corrected chi connectivity index (χ4v) is 4.81. The molecule has 0 spiro atoms. The quantitative estimate of drug-likeness (QED) is 0.760. The minimum atomic E-state index is 0.102. The van der Waals surface area contributed by atoms with Crippen molar-refractivity contribution in [2.24, 2.45) is 0 Å². The van der Waals surface area contributed by atoms with Gasteiger partial charge in [-0.15, -0.1) is 0 Å². The van der Waals surface area contributed by atoms with Crippen LogP contribution in [0, 0.1) is 6.92 Å². The Bertz CT molecular complexity index is 951. The Kier molecular flexibility index (Phi) is 5.76. The van der Waals surface area contributed by atoms with E-state index in [1.54, 1.807) is 0 Å². The number of benzene rings is 1. The van der Waals surface area contributed by atoms with Crippen LogP contribution < -0.4 is 9.80 Å². The van der Waals surface area contributed by atoms with Gasteiger partial charge in [0.25, 0.3) is 5.91 Å². The van der Waals surface area contributed by atoms with Crippen LogP contribution >= 0.6 is 0 Å². The Hall–Kier alpha value is -2.67. The van der Waals surface area contributed by atoms with Crippen LogP contribution in [0.1, 0.15) is 46.4 Å². The highest BCUT2D eigenvalue weighted by atomic mass is 16.5. The average Bonchev–Trinajstić information content (AvgIpc) is 2.84. The van der Waals surface area contributed by atoms with Gasteiger partial charge in [-0.1, -0.05) is 18.2 Å². The number of hydrogen-bond donors (Lipinski definition) is 0. The molecule has 3 aliphatic heterocycles. The molecule has 164 valence electrons. The van der Waals surface area contributed by atoms with Crippen molar-refractivity contribution in [3.63, 3.8) is 0 Å². The van der Waals surface area contributed by atoms with Crippen molar-refractivity contribution >= 4 is 17.7 Å². The molecule has 3 aliphatic rings. The zero-order chi connectivity index (χ0) is 21.2. The number of carbonyl (C=O) groups is 1. The van der Waals surface area contributed by atoms with E-state index in [-0.39, 0.29) is 5.91 Å². The molecule has 0 radical (unpaired) electrons. The van der Waals surface area contributed by atoms with Gasteiger partial charge in [0.2, 0.25) is 5.95 Å². The number of hydrogen-bond acceptors (Lipinski definition) is 6. The van der Waals surface area contributed by atoms with Gasteiger partial charge in [0, 0.05) is 50.3 Å². The number of aromatic nitrogens is 2. The summed E-state index contributed by atoms with van der Waals surface area (Å²) in [6, 6.07) is 7.85. The van der Waals surface area contributed by atoms with Crippen molar-refractivity contribution in [3.8, 4) is 0 Å². The molecule has 7 nitrogen and oxygen atoms in total. The first-order chi connectivity index (χ1) is 15.2. The summed E-state index contributed by atoms with van der Waals surface area (Å²) in [5, 5.41) is 0. The first-order valence-electron chi connectivity index (χ1n) is 11.5. The molecule has 4 heterocycles. The second-order valence-electron chi connectivity index (χ2n) is 8.71. The summed E-state index contributed by atoms with van der Waals surface area (Å²) in [5.74, 6) is 1.96. The predicted molar refractivity (Wildman–Crippen MR) is 121 cm³/mol. The number of carbonyl (C=O) groups excluding carboxylic acids is 1. The summed E-state index contributed by atoms with van der Waals surface area (Å²) >= 11 is 0. The maximum atomic E-state index is 13.3. The van der Waals surface area contributed by atoms with Crippen LogP contribution in [-0.2, 0) is 17.7 Å². The lowest BCUT2D eigenvalue weighted by atomic mass is 10.0. The molecule has 0 unspecified atom stereocenters. The number of aryl methyl sites for hydroxylation is 1. The molecule has 1 amide bonds. The lowest BCUT2D eigenvalue weighted by Crippen LogP contribution is -2.41. The monoisotopic (exact) mass is 421 g/mol. The smallest absolute Gasteiger partial charge is 0.254 e. The van der Waals surface area contributed by atoms with E-state index >= 15 is 0 Å². The van der Waals surface area contributed by atoms with E-state index in [9.17, 15) is 4.79 Å². The van der Waals surface area contributed by atoms with Crippen LogP contribution in [0.3, 0.4) is 0 Å². The van der Waals surface area contributed by atoms with E-state index in [0.29, 0.717) is 13.1 Å². The number of morpholine rings is 1. The van der Waals surface area contributed by atoms with Crippen molar-refractivity contribution in [2.45, 2.75) is 39.2 Å². The van der Waals surface area contributed by atoms with Crippen molar-refractivity contribution in [1.82, 2.24) is 14.9 Å². The van der Waals surface area contributed by atoms with Crippen molar-refractivity contribution in [3.05, 3.63) is 46.6 Å². The van der Waals surface area contributed by atoms with Crippen molar-refractivity contribution in [2.75, 3.05) is 55.7 Å². The molecule has 31 heavy (non-hydrogen) atoms. The second-order valence-corrected chi connectivity index (χ2v) is 8.71. The number of amides is 1. The molecule has 1 aromatic heterocycles. The molecule has 2 fully saturated rings. The number of anilines is 2. The summed E-state index contributed by atoms with van der Waals surface area (Å²) in [4.78, 5) is 29.9. The topological polar surface area (TPSA) is 61.8 Å². The van der Waals surface area contributed by atoms with E-state index in [2.05, 4.69) is 9.80 Å². The molecule has 5 rings (SSSR count). The van der Waals surface area contributed by atoms with E-state index in [0.717, 1.165) is 80.0 Å². The average molecular weight is 422 g/mol. The zero-order valence-corrected chi connectivity index (χ0v) is 18.3. The van der Waals surface area contributed by atoms with E-state index < -0.39 is 0 Å². The second kappa shape index (κ2) is 8.83. The highest BCUT2D eigenvalue weighted by molar-refractivity contribution is 5.95. The predicted octanol–water partition coefficient (Wildman–Crippen LogP) is 2.81.